The Morgan fingerprint density at radius 2 is 1.71 bits per heavy atom. The van der Waals surface area contributed by atoms with E-state index in [1.165, 1.54) is 6.42 Å². The van der Waals surface area contributed by atoms with E-state index >= 15 is 0 Å². The SMILES string of the molecule is COc1cc(N2CCC(CN3CCC(n4cc5cc(NC(=O)c6cc(C)nc7nccn67)c(N6CCCCC6)cc5n4)CC3)CC2)ccc1C(=O)N[C@H]1CCC(=C=O)NC1=C=O. The van der Waals surface area contributed by atoms with Gasteiger partial charge in [-0.25, -0.2) is 19.6 Å². The van der Waals surface area contributed by atoms with Crippen molar-refractivity contribution in [2.45, 2.75) is 76.8 Å². The van der Waals surface area contributed by atoms with Crippen molar-refractivity contribution >= 4 is 57.4 Å². The van der Waals surface area contributed by atoms with E-state index in [1.807, 2.05) is 19.1 Å². The summed E-state index contributed by atoms with van der Waals surface area (Å²) in [5.41, 5.74) is 5.77. The number of nitrogens with one attached hydrogen (secondary N) is 3. The summed E-state index contributed by atoms with van der Waals surface area (Å²) in [6.45, 7) is 8.72. The first-order valence-electron chi connectivity index (χ1n) is 21.9. The first-order chi connectivity index (χ1) is 30.3. The van der Waals surface area contributed by atoms with Crippen LogP contribution in [0.3, 0.4) is 0 Å². The summed E-state index contributed by atoms with van der Waals surface area (Å²) in [4.78, 5) is 65.7. The van der Waals surface area contributed by atoms with Crippen LogP contribution in [-0.2, 0) is 9.59 Å². The number of nitrogens with zero attached hydrogens (tertiary/aromatic N) is 8. The molecule has 62 heavy (non-hydrogen) atoms. The van der Waals surface area contributed by atoms with Gasteiger partial charge in [0.2, 0.25) is 5.78 Å². The van der Waals surface area contributed by atoms with Crippen LogP contribution in [0.15, 0.2) is 66.4 Å². The quantitative estimate of drug-likeness (QED) is 0.159. The van der Waals surface area contributed by atoms with Gasteiger partial charge in [0.05, 0.1) is 41.6 Å². The number of hydrogen-bond donors (Lipinski definition) is 3. The van der Waals surface area contributed by atoms with Crippen molar-refractivity contribution in [3.8, 4) is 5.75 Å². The molecule has 0 radical (unpaired) electrons. The number of benzene rings is 2. The molecule has 2 amide bonds. The molecule has 1 atom stereocenters. The summed E-state index contributed by atoms with van der Waals surface area (Å²) in [6, 6.07) is 11.4. The van der Waals surface area contributed by atoms with Crippen molar-refractivity contribution in [2.24, 2.45) is 5.92 Å². The third kappa shape index (κ3) is 8.54. The van der Waals surface area contributed by atoms with Gasteiger partial charge in [0.15, 0.2) is 0 Å². The molecule has 5 aromatic rings. The van der Waals surface area contributed by atoms with Crippen LogP contribution in [0.5, 0.6) is 5.75 Å². The van der Waals surface area contributed by atoms with Crippen molar-refractivity contribution in [3.05, 3.63) is 83.3 Å². The molecule has 4 aliphatic heterocycles. The molecule has 2 aromatic carbocycles. The molecular weight excluding hydrogens is 787 g/mol. The molecule has 3 aromatic heterocycles. The zero-order chi connectivity index (χ0) is 42.7. The summed E-state index contributed by atoms with van der Waals surface area (Å²) in [7, 11) is 1.55. The lowest BCUT2D eigenvalue weighted by molar-refractivity contribution is 0.0935. The number of hydrogen-bond acceptors (Lipinski definition) is 12. The summed E-state index contributed by atoms with van der Waals surface area (Å²) < 4.78 is 9.54. The topological polar surface area (TPSA) is 171 Å². The minimum Gasteiger partial charge on any atom is -0.496 e. The molecule has 0 saturated carbocycles. The monoisotopic (exact) mass is 839 g/mol. The van der Waals surface area contributed by atoms with Crippen LogP contribution in [0.2, 0.25) is 0 Å². The van der Waals surface area contributed by atoms with Crippen LogP contribution in [0.25, 0.3) is 16.7 Å². The lowest BCUT2D eigenvalue weighted by atomic mass is 9.94. The highest BCUT2D eigenvalue weighted by molar-refractivity contribution is 6.07. The van der Waals surface area contributed by atoms with Gasteiger partial charge in [-0.2, -0.15) is 5.10 Å². The number of ether oxygens (including phenoxy) is 1. The van der Waals surface area contributed by atoms with Crippen LogP contribution < -0.4 is 30.5 Å². The van der Waals surface area contributed by atoms with Crippen molar-refractivity contribution < 1.29 is 23.9 Å². The molecular formula is C46H53N11O5. The number of carbonyl (C=O) groups is 2. The molecule has 0 spiro atoms. The zero-order valence-corrected chi connectivity index (χ0v) is 35.4. The van der Waals surface area contributed by atoms with E-state index in [2.05, 4.69) is 63.6 Å². The number of rotatable bonds is 10. The molecule has 4 fully saturated rings. The number of fused-ring (bicyclic) bond motifs is 2. The van der Waals surface area contributed by atoms with Crippen molar-refractivity contribution in [3.63, 3.8) is 0 Å². The number of imidazole rings is 1. The van der Waals surface area contributed by atoms with Gasteiger partial charge in [-0.05, 0) is 94.5 Å². The molecule has 322 valence electrons. The maximum absolute atomic E-state index is 13.8. The molecule has 0 bridgehead atoms. The normalized spacial score (nSPS) is 19.3. The number of piperidine rings is 4. The molecule has 4 saturated heterocycles. The second kappa shape index (κ2) is 17.9. The van der Waals surface area contributed by atoms with Crippen molar-refractivity contribution in [1.29, 1.82) is 0 Å². The van der Waals surface area contributed by atoms with Crippen LogP contribution in [-0.4, -0.2) is 112 Å². The molecule has 16 heteroatoms. The van der Waals surface area contributed by atoms with Gasteiger partial charge in [0.25, 0.3) is 11.8 Å². The van der Waals surface area contributed by atoms with Crippen LogP contribution >= 0.6 is 0 Å². The number of carbonyl (C=O) groups excluding carboxylic acids is 4. The Bertz CT molecular complexity index is 2580. The highest BCUT2D eigenvalue weighted by Crippen LogP contribution is 2.36. The first-order valence-corrected chi connectivity index (χ1v) is 21.9. The lowest BCUT2D eigenvalue weighted by Gasteiger charge is -2.38. The fourth-order valence-corrected chi connectivity index (χ4v) is 9.62. The Morgan fingerprint density at radius 1 is 0.903 bits per heavy atom. The van der Waals surface area contributed by atoms with Gasteiger partial charge < -0.3 is 35.4 Å². The molecule has 3 N–H and O–H groups in total. The number of allylic oxidation sites excluding steroid dienone is 1. The Hall–Kier alpha value is -6.47. The Morgan fingerprint density at radius 3 is 2.47 bits per heavy atom. The van der Waals surface area contributed by atoms with Gasteiger partial charge in [-0.1, -0.05) is 0 Å². The minimum atomic E-state index is -0.579. The summed E-state index contributed by atoms with van der Waals surface area (Å²) in [5, 5.41) is 15.0. The van der Waals surface area contributed by atoms with Crippen LogP contribution in [0.1, 0.15) is 90.4 Å². The van der Waals surface area contributed by atoms with Gasteiger partial charge >= 0.3 is 0 Å². The minimum absolute atomic E-state index is 0.118. The fourth-order valence-electron chi connectivity index (χ4n) is 9.62. The standard InChI is InChI=1S/C46H53N11O5/c1-30-22-42(56-21-14-47-46(56)48-30)45(61)51-39-23-32-27-57(52-38(32)25-41(39)55-15-4-3-5-16-55)34-12-17-53(18-13-34)26-31-10-19-54(20-11-31)35-7-8-36(43(24-35)62-2)44(60)50-37-9-6-33(28-58)49-40(37)29-59/h7-8,14,21-25,27,31,34,37,49H,3-6,9-13,15-20,26H2,1-2H3,(H,50,60)(H,51,61)/t37-/m0/s1. The third-order valence-electron chi connectivity index (χ3n) is 13.0. The zero-order valence-electron chi connectivity index (χ0n) is 35.4. The Kier molecular flexibility index (Phi) is 11.8. The largest absolute Gasteiger partial charge is 0.496 e. The van der Waals surface area contributed by atoms with Crippen molar-refractivity contribution in [2.75, 3.05) is 68.0 Å². The number of amides is 2. The van der Waals surface area contributed by atoms with E-state index in [0.29, 0.717) is 47.6 Å². The average molecular weight is 840 g/mol. The third-order valence-corrected chi connectivity index (χ3v) is 13.0. The maximum atomic E-state index is 13.8. The number of aromatic nitrogens is 5. The number of likely N-dealkylation sites (tertiary alicyclic amines) is 1. The molecule has 9 rings (SSSR count). The summed E-state index contributed by atoms with van der Waals surface area (Å²) in [6.07, 6.45) is 14.0. The van der Waals surface area contributed by atoms with E-state index < -0.39 is 6.04 Å². The van der Waals surface area contributed by atoms with E-state index in [4.69, 9.17) is 9.84 Å². The second-order valence-corrected chi connectivity index (χ2v) is 17.1. The summed E-state index contributed by atoms with van der Waals surface area (Å²) in [5.74, 6) is 4.60. The van der Waals surface area contributed by atoms with Gasteiger partial charge in [0, 0.05) is 93.7 Å². The van der Waals surface area contributed by atoms with Crippen LogP contribution in [0.4, 0.5) is 17.1 Å². The lowest BCUT2D eigenvalue weighted by Crippen LogP contribution is -2.43. The predicted octanol–water partition coefficient (Wildman–Crippen LogP) is 5.10. The Labute approximate surface area is 360 Å². The highest BCUT2D eigenvalue weighted by Gasteiger charge is 2.29. The predicted molar refractivity (Wildman–Crippen MR) is 236 cm³/mol. The first kappa shape index (κ1) is 40.9. The number of methoxy groups -OCH3 is 1. The second-order valence-electron chi connectivity index (χ2n) is 17.1. The van der Waals surface area contributed by atoms with Gasteiger partial charge in [-0.3, -0.25) is 18.7 Å². The maximum Gasteiger partial charge on any atom is 0.272 e. The molecule has 16 nitrogen and oxygen atoms in total. The molecule has 0 unspecified atom stereocenters. The van der Waals surface area contributed by atoms with Gasteiger partial charge in [-0.15, -0.1) is 0 Å². The molecule has 0 aliphatic carbocycles. The van der Waals surface area contributed by atoms with E-state index in [-0.39, 0.29) is 23.2 Å². The summed E-state index contributed by atoms with van der Waals surface area (Å²) >= 11 is 0. The smallest absolute Gasteiger partial charge is 0.272 e. The van der Waals surface area contributed by atoms with Gasteiger partial charge in [0.1, 0.15) is 34.7 Å². The van der Waals surface area contributed by atoms with Crippen LogP contribution in [0, 0.1) is 12.8 Å². The van der Waals surface area contributed by atoms with E-state index in [9.17, 15) is 19.2 Å². The molecule has 4 aliphatic rings. The number of anilines is 3. The fraction of sp³-hybridized carbons (Fsp3) is 0.457. The van der Waals surface area contributed by atoms with E-state index in [0.717, 1.165) is 118 Å². The highest BCUT2D eigenvalue weighted by atomic mass is 16.5. The van der Waals surface area contributed by atoms with Crippen molar-refractivity contribution in [1.82, 2.24) is 39.7 Å². The Balaban J connectivity index is 0.801. The molecule has 7 heterocycles. The average Bonchev–Trinajstić information content (AvgIpc) is 3.96. The number of aryl methyl sites for hydroxylation is 1. The van der Waals surface area contributed by atoms with E-state index in [1.54, 1.807) is 47.9 Å².